The molecule has 0 aliphatic carbocycles. The van der Waals surface area contributed by atoms with Gasteiger partial charge in [-0.3, -0.25) is 9.69 Å². The molecule has 0 aromatic rings. The fourth-order valence-corrected chi connectivity index (χ4v) is 1.11. The lowest BCUT2D eigenvalue weighted by molar-refractivity contribution is -0.141. The van der Waals surface area contributed by atoms with E-state index in [4.69, 9.17) is 0 Å². The Bertz CT molecular complexity index is 195. The van der Waals surface area contributed by atoms with Crippen molar-refractivity contribution in [2.45, 2.75) is 27.2 Å². The maximum atomic E-state index is 11.1. The van der Waals surface area contributed by atoms with E-state index in [-0.39, 0.29) is 5.97 Å². The normalized spacial score (nSPS) is 10.1. The molecule has 0 radical (unpaired) electrons. The predicted molar refractivity (Wildman–Crippen MR) is 58.2 cm³/mol. The Hall–Kier alpha value is -0.830. The van der Waals surface area contributed by atoms with Crippen LogP contribution in [-0.2, 0) is 9.53 Å². The third-order valence-electron chi connectivity index (χ3n) is 1.88. The minimum absolute atomic E-state index is 0.166. The van der Waals surface area contributed by atoms with E-state index in [2.05, 4.69) is 36.5 Å². The molecule has 0 fully saturated rings. The van der Waals surface area contributed by atoms with Crippen molar-refractivity contribution in [3.05, 3.63) is 11.6 Å². The van der Waals surface area contributed by atoms with Gasteiger partial charge in [0.2, 0.25) is 0 Å². The van der Waals surface area contributed by atoms with Gasteiger partial charge in [0.25, 0.3) is 0 Å². The van der Waals surface area contributed by atoms with E-state index in [0.717, 1.165) is 19.5 Å². The molecule has 0 spiro atoms. The van der Waals surface area contributed by atoms with E-state index in [9.17, 15) is 4.79 Å². The summed E-state index contributed by atoms with van der Waals surface area (Å²) in [5, 5.41) is 0. The first-order chi connectivity index (χ1) is 6.60. The van der Waals surface area contributed by atoms with E-state index in [1.54, 1.807) is 0 Å². The van der Waals surface area contributed by atoms with Gasteiger partial charge in [-0.2, -0.15) is 0 Å². The van der Waals surface area contributed by atoms with E-state index >= 15 is 0 Å². The summed E-state index contributed by atoms with van der Waals surface area (Å²) in [4.78, 5) is 13.1. The summed E-state index contributed by atoms with van der Waals surface area (Å²) in [5.74, 6) is -0.166. The Balaban J connectivity index is 4.01. The topological polar surface area (TPSA) is 29.5 Å². The zero-order chi connectivity index (χ0) is 11.0. The number of hydrogen-bond acceptors (Lipinski definition) is 3. The molecule has 0 aliphatic heterocycles. The van der Waals surface area contributed by atoms with Crippen molar-refractivity contribution in [3.63, 3.8) is 0 Å². The van der Waals surface area contributed by atoms with Crippen molar-refractivity contribution in [3.8, 4) is 0 Å². The first kappa shape index (κ1) is 13.2. The lowest BCUT2D eigenvalue weighted by atomic mass is 10.3. The van der Waals surface area contributed by atoms with E-state index in [1.165, 1.54) is 12.7 Å². The van der Waals surface area contributed by atoms with Gasteiger partial charge in [0.05, 0.1) is 13.7 Å². The zero-order valence-electron chi connectivity index (χ0n) is 9.67. The van der Waals surface area contributed by atoms with Crippen molar-refractivity contribution < 1.29 is 9.53 Å². The lowest BCUT2D eigenvalue weighted by Crippen LogP contribution is -2.31. The van der Waals surface area contributed by atoms with Crippen molar-refractivity contribution in [2.24, 2.45) is 0 Å². The van der Waals surface area contributed by atoms with Crippen LogP contribution >= 0.6 is 0 Å². The number of carbonyl (C=O) groups excluding carboxylic acids is 1. The number of hydrogen-bond donors (Lipinski definition) is 0. The number of allylic oxidation sites excluding steroid dienone is 1. The van der Waals surface area contributed by atoms with Gasteiger partial charge in [-0.25, -0.2) is 0 Å². The predicted octanol–water partition coefficient (Wildman–Crippen LogP) is 1.84. The number of rotatable bonds is 6. The zero-order valence-corrected chi connectivity index (χ0v) is 9.67. The summed E-state index contributed by atoms with van der Waals surface area (Å²) in [5.41, 5.74) is 1.27. The van der Waals surface area contributed by atoms with Gasteiger partial charge >= 0.3 is 5.97 Å². The highest BCUT2D eigenvalue weighted by molar-refractivity contribution is 5.71. The minimum atomic E-state index is -0.166. The number of carbonyl (C=O) groups is 1. The summed E-state index contributed by atoms with van der Waals surface area (Å²) in [6.45, 7) is 8.36. The molecule has 0 aromatic heterocycles. The molecule has 0 bridgehead atoms. The molecule has 0 atom stereocenters. The van der Waals surface area contributed by atoms with Crippen LogP contribution in [0.1, 0.15) is 27.2 Å². The van der Waals surface area contributed by atoms with Crippen LogP contribution in [0.5, 0.6) is 0 Å². The molecule has 0 aliphatic rings. The fraction of sp³-hybridized carbons (Fsp3) is 0.727. The largest absolute Gasteiger partial charge is 0.468 e. The Kier molecular flexibility index (Phi) is 7.11. The Morgan fingerprint density at radius 3 is 2.50 bits per heavy atom. The van der Waals surface area contributed by atoms with Crippen molar-refractivity contribution in [1.82, 2.24) is 4.90 Å². The molecule has 0 rings (SSSR count). The molecule has 82 valence electrons. The molecule has 0 saturated carbocycles. The van der Waals surface area contributed by atoms with Crippen LogP contribution in [0.25, 0.3) is 0 Å². The summed E-state index contributed by atoms with van der Waals surface area (Å²) < 4.78 is 4.63. The van der Waals surface area contributed by atoms with Gasteiger partial charge in [-0.1, -0.05) is 18.6 Å². The minimum Gasteiger partial charge on any atom is -0.468 e. The van der Waals surface area contributed by atoms with Gasteiger partial charge in [-0.05, 0) is 26.8 Å². The van der Waals surface area contributed by atoms with Gasteiger partial charge < -0.3 is 4.74 Å². The van der Waals surface area contributed by atoms with Crippen molar-refractivity contribution >= 4 is 5.97 Å². The molecule has 0 unspecified atom stereocenters. The smallest absolute Gasteiger partial charge is 0.319 e. The van der Waals surface area contributed by atoms with E-state index in [0.29, 0.717) is 6.54 Å². The van der Waals surface area contributed by atoms with Crippen molar-refractivity contribution in [2.75, 3.05) is 26.7 Å². The van der Waals surface area contributed by atoms with E-state index < -0.39 is 0 Å². The third kappa shape index (κ3) is 6.66. The van der Waals surface area contributed by atoms with Crippen LogP contribution in [0, 0.1) is 0 Å². The second kappa shape index (κ2) is 7.56. The highest BCUT2D eigenvalue weighted by Gasteiger charge is 2.07. The summed E-state index contributed by atoms with van der Waals surface area (Å²) in [7, 11) is 1.42. The molecule has 0 amide bonds. The van der Waals surface area contributed by atoms with Crippen LogP contribution < -0.4 is 0 Å². The maximum absolute atomic E-state index is 11.1. The highest BCUT2D eigenvalue weighted by Crippen LogP contribution is 1.96. The van der Waals surface area contributed by atoms with Crippen molar-refractivity contribution in [1.29, 1.82) is 0 Å². The van der Waals surface area contributed by atoms with Crippen LogP contribution in [0.15, 0.2) is 11.6 Å². The van der Waals surface area contributed by atoms with Gasteiger partial charge in [-0.15, -0.1) is 0 Å². The number of esters is 1. The molecule has 0 saturated heterocycles. The third-order valence-corrected chi connectivity index (χ3v) is 1.88. The number of ether oxygens (including phenoxy) is 1. The molecule has 3 heteroatoms. The fourth-order valence-electron chi connectivity index (χ4n) is 1.11. The van der Waals surface area contributed by atoms with Crippen LogP contribution in [-0.4, -0.2) is 37.6 Å². The van der Waals surface area contributed by atoms with Crippen LogP contribution in [0.4, 0.5) is 0 Å². The molecule has 0 aromatic carbocycles. The standard InChI is InChI=1S/C11H21NO2/c1-5-7-12(8-6-10(2)3)9-11(13)14-4/h6H,5,7-9H2,1-4H3. The number of nitrogens with zero attached hydrogens (tertiary/aromatic N) is 1. The molecule has 3 nitrogen and oxygen atoms in total. The SMILES string of the molecule is CCCN(CC=C(C)C)CC(=O)OC. The average Bonchev–Trinajstić information content (AvgIpc) is 2.14. The van der Waals surface area contributed by atoms with Crippen LogP contribution in [0.2, 0.25) is 0 Å². The quantitative estimate of drug-likeness (QED) is 0.483. The second-order valence-electron chi connectivity index (χ2n) is 3.59. The Morgan fingerprint density at radius 2 is 2.07 bits per heavy atom. The molecular formula is C11H21NO2. The van der Waals surface area contributed by atoms with E-state index in [1.807, 2.05) is 0 Å². The summed E-state index contributed by atoms with van der Waals surface area (Å²) in [6, 6.07) is 0. The first-order valence-electron chi connectivity index (χ1n) is 5.02. The average molecular weight is 199 g/mol. The molecule has 0 heterocycles. The van der Waals surface area contributed by atoms with Gasteiger partial charge in [0.15, 0.2) is 0 Å². The summed E-state index contributed by atoms with van der Waals surface area (Å²) >= 11 is 0. The molecular weight excluding hydrogens is 178 g/mol. The number of methoxy groups -OCH3 is 1. The summed E-state index contributed by atoms with van der Waals surface area (Å²) in [6.07, 6.45) is 3.17. The molecule has 0 N–H and O–H groups in total. The van der Waals surface area contributed by atoms with Crippen LogP contribution in [0.3, 0.4) is 0 Å². The lowest BCUT2D eigenvalue weighted by Gasteiger charge is -2.18. The first-order valence-corrected chi connectivity index (χ1v) is 5.02. The Morgan fingerprint density at radius 1 is 1.43 bits per heavy atom. The maximum Gasteiger partial charge on any atom is 0.319 e. The Labute approximate surface area is 86.7 Å². The monoisotopic (exact) mass is 199 g/mol. The van der Waals surface area contributed by atoms with Gasteiger partial charge in [0, 0.05) is 6.54 Å². The van der Waals surface area contributed by atoms with Gasteiger partial charge in [0.1, 0.15) is 0 Å². The molecule has 14 heavy (non-hydrogen) atoms. The highest BCUT2D eigenvalue weighted by atomic mass is 16.5. The second-order valence-corrected chi connectivity index (χ2v) is 3.59.